The lowest BCUT2D eigenvalue weighted by molar-refractivity contribution is 0.0856. The van der Waals surface area contributed by atoms with Crippen LogP contribution in [-0.4, -0.2) is 52.1 Å². The van der Waals surface area contributed by atoms with E-state index in [1.807, 2.05) is 30.3 Å². The Morgan fingerprint density at radius 3 is 2.66 bits per heavy atom. The van der Waals surface area contributed by atoms with Crippen molar-refractivity contribution in [3.05, 3.63) is 83.9 Å². The number of nitrogens with zero attached hydrogens (tertiary/aromatic N) is 5. The van der Waals surface area contributed by atoms with Crippen molar-refractivity contribution in [3.63, 3.8) is 0 Å². The van der Waals surface area contributed by atoms with Crippen LogP contribution in [0.1, 0.15) is 54.3 Å². The van der Waals surface area contributed by atoms with Gasteiger partial charge in [-0.2, -0.15) is 9.61 Å². The molecular weight excluding hydrogens is 504 g/mol. The van der Waals surface area contributed by atoms with E-state index in [2.05, 4.69) is 14.8 Å². The van der Waals surface area contributed by atoms with Crippen LogP contribution < -0.4 is 4.72 Å². The van der Waals surface area contributed by atoms with Crippen molar-refractivity contribution in [2.75, 3.05) is 17.8 Å². The van der Waals surface area contributed by atoms with Gasteiger partial charge in [-0.15, -0.1) is 0 Å². The number of aromatic nitrogens is 4. The van der Waals surface area contributed by atoms with Gasteiger partial charge in [0.25, 0.3) is 10.0 Å². The summed E-state index contributed by atoms with van der Waals surface area (Å²) < 4.78 is 36.1. The highest BCUT2D eigenvalue weighted by molar-refractivity contribution is 7.92. The van der Waals surface area contributed by atoms with Crippen LogP contribution in [-0.2, 0) is 21.4 Å². The molecule has 1 unspecified atom stereocenters. The number of amides is 1. The van der Waals surface area contributed by atoms with Gasteiger partial charge in [0, 0.05) is 43.0 Å². The smallest absolute Gasteiger partial charge is 0.410 e. The first-order valence-corrected chi connectivity index (χ1v) is 14.2. The van der Waals surface area contributed by atoms with Gasteiger partial charge in [0.1, 0.15) is 17.3 Å². The Kier molecular flexibility index (Phi) is 6.44. The second-order valence-electron chi connectivity index (χ2n) is 9.80. The van der Waals surface area contributed by atoms with Gasteiger partial charge in [0.05, 0.1) is 11.9 Å². The molecule has 1 atom stereocenters. The third-order valence-electron chi connectivity index (χ3n) is 7.02. The topological polar surface area (TPSA) is 119 Å². The predicted octanol–water partition coefficient (Wildman–Crippen LogP) is 4.32. The standard InChI is InChI=1S/C27H28N6O4S/c34-27(37-18-19-6-2-1-3-7-19)32-13-5-8-21(17-32)24-14-25(31-38(35,36)22-9-4-12-28-15-22)33-26(30-24)23(16-29-33)20-10-11-20/h1-4,6-7,9,12,14-16,20-21,31H,5,8,10-11,13,17-18H2. The zero-order valence-corrected chi connectivity index (χ0v) is 21.5. The van der Waals surface area contributed by atoms with Gasteiger partial charge in [-0.1, -0.05) is 30.3 Å². The van der Waals surface area contributed by atoms with Crippen LogP contribution in [0, 0.1) is 0 Å². The van der Waals surface area contributed by atoms with Crippen LogP contribution in [0.15, 0.2) is 72.0 Å². The van der Waals surface area contributed by atoms with Gasteiger partial charge >= 0.3 is 6.09 Å². The normalized spacial score (nSPS) is 17.9. The Morgan fingerprint density at radius 1 is 1.05 bits per heavy atom. The number of nitrogens with one attached hydrogen (secondary N) is 1. The molecule has 2 aliphatic rings. The zero-order chi connectivity index (χ0) is 26.1. The fraction of sp³-hybridized carbons (Fsp3) is 0.333. The summed E-state index contributed by atoms with van der Waals surface area (Å²) in [6, 6.07) is 14.4. The molecule has 4 heterocycles. The van der Waals surface area contributed by atoms with Gasteiger partial charge in [0.15, 0.2) is 5.65 Å². The largest absolute Gasteiger partial charge is 0.445 e. The quantitative estimate of drug-likeness (QED) is 0.377. The number of pyridine rings is 1. The van der Waals surface area contributed by atoms with Crippen molar-refractivity contribution >= 4 is 27.6 Å². The molecule has 1 N–H and O–H groups in total. The predicted molar refractivity (Wildman–Crippen MR) is 140 cm³/mol. The molecule has 4 aromatic rings. The molecule has 196 valence electrons. The van der Waals surface area contributed by atoms with E-state index in [-0.39, 0.29) is 23.5 Å². The van der Waals surface area contributed by atoms with E-state index in [9.17, 15) is 13.2 Å². The third kappa shape index (κ3) is 5.06. The van der Waals surface area contributed by atoms with Gasteiger partial charge in [-0.25, -0.2) is 18.2 Å². The number of rotatable bonds is 7. The van der Waals surface area contributed by atoms with Crippen molar-refractivity contribution in [2.24, 2.45) is 0 Å². The van der Waals surface area contributed by atoms with Crippen LogP contribution in [0.25, 0.3) is 5.65 Å². The molecule has 1 aromatic carbocycles. The highest BCUT2D eigenvalue weighted by atomic mass is 32.2. The van der Waals surface area contributed by atoms with E-state index in [1.165, 1.54) is 18.5 Å². The summed E-state index contributed by atoms with van der Waals surface area (Å²) in [5, 5.41) is 4.47. The summed E-state index contributed by atoms with van der Waals surface area (Å²) in [6.07, 6.45) is 8.00. The Hall–Kier alpha value is -3.99. The monoisotopic (exact) mass is 532 g/mol. The maximum absolute atomic E-state index is 13.1. The number of likely N-dealkylation sites (tertiary alicyclic amines) is 1. The zero-order valence-electron chi connectivity index (χ0n) is 20.7. The van der Waals surface area contributed by atoms with Gasteiger partial charge in [-0.3, -0.25) is 9.71 Å². The summed E-state index contributed by atoms with van der Waals surface area (Å²) in [4.78, 5) is 23.5. The van der Waals surface area contributed by atoms with E-state index < -0.39 is 10.0 Å². The van der Waals surface area contributed by atoms with Gasteiger partial charge < -0.3 is 9.64 Å². The van der Waals surface area contributed by atoms with Gasteiger partial charge in [-0.05, 0) is 49.3 Å². The summed E-state index contributed by atoms with van der Waals surface area (Å²) in [5.74, 6) is 0.625. The SMILES string of the molecule is O=C(OCc1ccccc1)N1CCCC(c2cc(NS(=O)(=O)c3cccnc3)n3ncc(C4CC4)c3n2)C1. The van der Waals surface area contributed by atoms with E-state index in [0.717, 1.165) is 42.5 Å². The van der Waals surface area contributed by atoms with Crippen molar-refractivity contribution in [2.45, 2.75) is 49.0 Å². The Balaban J connectivity index is 1.28. The van der Waals surface area contributed by atoms with Crippen molar-refractivity contribution in [1.82, 2.24) is 24.5 Å². The molecule has 10 nitrogen and oxygen atoms in total. The number of piperidine rings is 1. The number of carbonyl (C=O) groups is 1. The molecule has 1 aliphatic carbocycles. The van der Waals surface area contributed by atoms with Crippen LogP contribution in [0.4, 0.5) is 10.6 Å². The number of benzene rings is 1. The number of ether oxygens (including phenoxy) is 1. The molecule has 38 heavy (non-hydrogen) atoms. The number of sulfonamides is 1. The second kappa shape index (κ2) is 10.1. The molecule has 0 spiro atoms. The minimum atomic E-state index is -3.89. The molecule has 1 saturated carbocycles. The fourth-order valence-corrected chi connectivity index (χ4v) is 5.86. The van der Waals surface area contributed by atoms with Crippen LogP contribution >= 0.6 is 0 Å². The lowest BCUT2D eigenvalue weighted by atomic mass is 9.94. The van der Waals surface area contributed by atoms with Crippen LogP contribution in [0.5, 0.6) is 0 Å². The minimum absolute atomic E-state index is 0.0612. The van der Waals surface area contributed by atoms with E-state index >= 15 is 0 Å². The van der Waals surface area contributed by atoms with Crippen LogP contribution in [0.2, 0.25) is 0 Å². The lowest BCUT2D eigenvalue weighted by Crippen LogP contribution is -2.39. The van der Waals surface area contributed by atoms with E-state index in [1.54, 1.807) is 27.7 Å². The fourth-order valence-electron chi connectivity index (χ4n) is 4.86. The summed E-state index contributed by atoms with van der Waals surface area (Å²) in [5.41, 5.74) is 3.33. The third-order valence-corrected chi connectivity index (χ3v) is 8.36. The molecule has 2 fully saturated rings. The first kappa shape index (κ1) is 24.4. The Morgan fingerprint density at radius 2 is 1.89 bits per heavy atom. The number of carbonyl (C=O) groups excluding carboxylic acids is 1. The molecule has 11 heteroatoms. The number of hydrogen-bond donors (Lipinski definition) is 1. The summed E-state index contributed by atoms with van der Waals surface area (Å²) >= 11 is 0. The van der Waals surface area contributed by atoms with Crippen molar-refractivity contribution in [1.29, 1.82) is 0 Å². The maximum Gasteiger partial charge on any atom is 0.410 e. The van der Waals surface area contributed by atoms with E-state index in [4.69, 9.17) is 9.72 Å². The summed E-state index contributed by atoms with van der Waals surface area (Å²) in [6.45, 7) is 1.26. The van der Waals surface area contributed by atoms with Gasteiger partial charge in [0.2, 0.25) is 0 Å². The molecule has 6 rings (SSSR count). The minimum Gasteiger partial charge on any atom is -0.445 e. The molecule has 1 aliphatic heterocycles. The molecule has 0 bridgehead atoms. The molecular formula is C27H28N6O4S. The Labute approximate surface area is 220 Å². The first-order chi connectivity index (χ1) is 18.5. The van der Waals surface area contributed by atoms with Crippen molar-refractivity contribution in [3.8, 4) is 0 Å². The summed E-state index contributed by atoms with van der Waals surface area (Å²) in [7, 11) is -3.89. The number of fused-ring (bicyclic) bond motifs is 1. The molecule has 1 amide bonds. The number of anilines is 1. The van der Waals surface area contributed by atoms with Crippen LogP contribution in [0.3, 0.4) is 0 Å². The average molecular weight is 533 g/mol. The highest BCUT2D eigenvalue weighted by Gasteiger charge is 2.31. The molecule has 1 saturated heterocycles. The van der Waals surface area contributed by atoms with Crippen molar-refractivity contribution < 1.29 is 17.9 Å². The second-order valence-corrected chi connectivity index (χ2v) is 11.5. The highest BCUT2D eigenvalue weighted by Crippen LogP contribution is 2.42. The molecule has 3 aromatic heterocycles. The average Bonchev–Trinajstić information content (AvgIpc) is 3.71. The van der Waals surface area contributed by atoms with E-state index in [0.29, 0.717) is 30.5 Å². The molecule has 0 radical (unpaired) electrons. The lowest BCUT2D eigenvalue weighted by Gasteiger charge is -2.32. The number of hydrogen-bond acceptors (Lipinski definition) is 7. The first-order valence-electron chi connectivity index (χ1n) is 12.7. The Bertz CT molecular complexity index is 1550. The maximum atomic E-state index is 13.1.